The summed E-state index contributed by atoms with van der Waals surface area (Å²) in [6, 6.07) is 7.35. The number of anilines is 2. The fourth-order valence-electron chi connectivity index (χ4n) is 3.99. The molecule has 1 aliphatic carbocycles. The number of rotatable bonds is 1. The van der Waals surface area contributed by atoms with Crippen molar-refractivity contribution in [2.75, 3.05) is 29.9 Å². The van der Waals surface area contributed by atoms with E-state index < -0.39 is 0 Å². The summed E-state index contributed by atoms with van der Waals surface area (Å²) in [4.78, 5) is 2.63. The normalized spacial score (nSPS) is 29.6. The van der Waals surface area contributed by atoms with Crippen LogP contribution >= 0.6 is 0 Å². The number of morpholine rings is 1. The Morgan fingerprint density at radius 1 is 1.21 bits per heavy atom. The summed E-state index contributed by atoms with van der Waals surface area (Å²) in [5.41, 5.74) is 4.34. The number of nitrogens with one attached hydrogen (secondary N) is 1. The monoisotopic (exact) mass is 258 g/mol. The Bertz CT molecular complexity index is 474. The third-order valence-electron chi connectivity index (χ3n) is 4.86. The lowest BCUT2D eigenvalue weighted by atomic mass is 9.98. The van der Waals surface area contributed by atoms with Gasteiger partial charge in [-0.1, -0.05) is 6.07 Å². The summed E-state index contributed by atoms with van der Waals surface area (Å²) >= 11 is 0. The van der Waals surface area contributed by atoms with Crippen molar-refractivity contribution in [1.29, 1.82) is 0 Å². The van der Waals surface area contributed by atoms with E-state index in [9.17, 15) is 0 Å². The predicted octanol–water partition coefficient (Wildman–Crippen LogP) is 2.80. The van der Waals surface area contributed by atoms with Gasteiger partial charge < -0.3 is 15.0 Å². The van der Waals surface area contributed by atoms with E-state index in [4.69, 9.17) is 4.74 Å². The van der Waals surface area contributed by atoms with Gasteiger partial charge in [0.25, 0.3) is 0 Å². The third-order valence-corrected chi connectivity index (χ3v) is 4.86. The first-order valence-corrected chi connectivity index (χ1v) is 7.67. The highest BCUT2D eigenvalue weighted by Crippen LogP contribution is 2.38. The fourth-order valence-corrected chi connectivity index (χ4v) is 3.99. The zero-order valence-corrected chi connectivity index (χ0v) is 11.4. The lowest BCUT2D eigenvalue weighted by Crippen LogP contribution is -2.49. The maximum atomic E-state index is 5.94. The lowest BCUT2D eigenvalue weighted by Gasteiger charge is -2.41. The first-order chi connectivity index (χ1) is 9.43. The van der Waals surface area contributed by atoms with Crippen molar-refractivity contribution in [3.8, 4) is 0 Å². The first-order valence-electron chi connectivity index (χ1n) is 7.67. The van der Waals surface area contributed by atoms with Crippen molar-refractivity contribution in [2.45, 2.75) is 44.2 Å². The van der Waals surface area contributed by atoms with E-state index in [2.05, 4.69) is 28.4 Å². The molecule has 0 bridgehead atoms. The molecule has 1 aromatic rings. The van der Waals surface area contributed by atoms with Gasteiger partial charge in [0.1, 0.15) is 0 Å². The second-order valence-corrected chi connectivity index (χ2v) is 5.93. The average molecular weight is 258 g/mol. The van der Waals surface area contributed by atoms with Gasteiger partial charge in [-0.2, -0.15) is 0 Å². The molecule has 2 unspecified atom stereocenters. The third kappa shape index (κ3) is 1.91. The number of nitrogens with zero attached hydrogens (tertiary/aromatic N) is 1. The Kier molecular flexibility index (Phi) is 2.87. The van der Waals surface area contributed by atoms with Crippen molar-refractivity contribution in [2.24, 2.45) is 0 Å². The van der Waals surface area contributed by atoms with Crippen molar-refractivity contribution in [3.63, 3.8) is 0 Å². The summed E-state index contributed by atoms with van der Waals surface area (Å²) in [6.07, 6.45) is 6.80. The van der Waals surface area contributed by atoms with Gasteiger partial charge >= 0.3 is 0 Å². The fraction of sp³-hybridized carbons (Fsp3) is 0.625. The van der Waals surface area contributed by atoms with Crippen LogP contribution in [0.4, 0.5) is 11.4 Å². The molecule has 102 valence electrons. The molecule has 2 aliphatic heterocycles. The molecule has 4 rings (SSSR count). The standard InChI is InChI=1S/C16H22N2O/c1-5-13-12(4-3-9-17-13)14(6-1)18-10-11-19-16-8-2-7-15(16)18/h1,5-6,15-17H,2-4,7-11H2. The zero-order valence-electron chi connectivity index (χ0n) is 11.4. The quantitative estimate of drug-likeness (QED) is 0.838. The maximum absolute atomic E-state index is 5.94. The molecule has 2 atom stereocenters. The molecular weight excluding hydrogens is 236 g/mol. The minimum Gasteiger partial charge on any atom is -0.385 e. The number of fused-ring (bicyclic) bond motifs is 2. The molecule has 1 N–H and O–H groups in total. The van der Waals surface area contributed by atoms with Gasteiger partial charge in [-0.05, 0) is 49.8 Å². The Labute approximate surface area is 114 Å². The molecule has 0 radical (unpaired) electrons. The largest absolute Gasteiger partial charge is 0.385 e. The van der Waals surface area contributed by atoms with E-state index in [-0.39, 0.29) is 0 Å². The topological polar surface area (TPSA) is 24.5 Å². The molecular formula is C16H22N2O. The lowest BCUT2D eigenvalue weighted by molar-refractivity contribution is 0.0256. The molecule has 19 heavy (non-hydrogen) atoms. The van der Waals surface area contributed by atoms with Crippen LogP contribution in [0.5, 0.6) is 0 Å². The van der Waals surface area contributed by atoms with Gasteiger partial charge in [0, 0.05) is 24.5 Å². The van der Waals surface area contributed by atoms with E-state index in [1.165, 1.54) is 49.0 Å². The average Bonchev–Trinajstić information content (AvgIpc) is 2.95. The van der Waals surface area contributed by atoms with Gasteiger partial charge in [0.15, 0.2) is 0 Å². The second kappa shape index (κ2) is 4.71. The van der Waals surface area contributed by atoms with Crippen molar-refractivity contribution < 1.29 is 4.74 Å². The highest BCUT2D eigenvalue weighted by atomic mass is 16.5. The van der Waals surface area contributed by atoms with Gasteiger partial charge in [-0.25, -0.2) is 0 Å². The smallest absolute Gasteiger partial charge is 0.0779 e. The molecule has 0 amide bonds. The van der Waals surface area contributed by atoms with Crippen LogP contribution in [0.15, 0.2) is 18.2 Å². The highest BCUT2D eigenvalue weighted by Gasteiger charge is 2.37. The van der Waals surface area contributed by atoms with Crippen LogP contribution < -0.4 is 10.2 Å². The highest BCUT2D eigenvalue weighted by molar-refractivity contribution is 5.68. The molecule has 3 heteroatoms. The zero-order chi connectivity index (χ0) is 12.7. The molecule has 1 saturated heterocycles. The van der Waals surface area contributed by atoms with Gasteiger partial charge in [0.2, 0.25) is 0 Å². The van der Waals surface area contributed by atoms with Crippen molar-refractivity contribution in [3.05, 3.63) is 23.8 Å². The van der Waals surface area contributed by atoms with Crippen LogP contribution in [0.1, 0.15) is 31.2 Å². The van der Waals surface area contributed by atoms with Crippen molar-refractivity contribution >= 4 is 11.4 Å². The molecule has 2 fully saturated rings. The summed E-state index contributed by atoms with van der Waals surface area (Å²) in [6.45, 7) is 3.06. The Morgan fingerprint density at radius 2 is 2.21 bits per heavy atom. The van der Waals surface area contributed by atoms with Crippen molar-refractivity contribution in [1.82, 2.24) is 0 Å². The molecule has 3 nitrogen and oxygen atoms in total. The Hall–Kier alpha value is -1.22. The van der Waals surface area contributed by atoms with E-state index >= 15 is 0 Å². The molecule has 0 aromatic heterocycles. The number of ether oxygens (including phenoxy) is 1. The van der Waals surface area contributed by atoms with Gasteiger partial charge in [0.05, 0.1) is 18.8 Å². The van der Waals surface area contributed by atoms with Crippen LogP contribution in [-0.4, -0.2) is 31.8 Å². The van der Waals surface area contributed by atoms with Crippen LogP contribution in [0.2, 0.25) is 0 Å². The second-order valence-electron chi connectivity index (χ2n) is 5.93. The first kappa shape index (κ1) is 11.6. The van der Waals surface area contributed by atoms with Crippen LogP contribution in [0, 0.1) is 0 Å². The van der Waals surface area contributed by atoms with Gasteiger partial charge in [-0.15, -0.1) is 0 Å². The Morgan fingerprint density at radius 3 is 3.21 bits per heavy atom. The molecule has 2 heterocycles. The summed E-state index contributed by atoms with van der Waals surface area (Å²) in [5.74, 6) is 0. The minimum absolute atomic E-state index is 0.473. The molecule has 1 saturated carbocycles. The SMILES string of the molecule is c1cc2c(c(N3CCOC4CCCC43)c1)CCCN2. The van der Waals surface area contributed by atoms with Crippen LogP contribution in [-0.2, 0) is 11.2 Å². The molecule has 0 spiro atoms. The van der Waals surface area contributed by atoms with E-state index in [0.717, 1.165) is 19.7 Å². The minimum atomic E-state index is 0.473. The summed E-state index contributed by atoms with van der Waals surface area (Å²) < 4.78 is 5.94. The number of benzene rings is 1. The van der Waals surface area contributed by atoms with Gasteiger partial charge in [-0.3, -0.25) is 0 Å². The Balaban J connectivity index is 1.71. The molecule has 1 aromatic carbocycles. The van der Waals surface area contributed by atoms with E-state index in [0.29, 0.717) is 12.1 Å². The van der Waals surface area contributed by atoms with Crippen LogP contribution in [0.25, 0.3) is 0 Å². The van der Waals surface area contributed by atoms with Crippen LogP contribution in [0.3, 0.4) is 0 Å². The van der Waals surface area contributed by atoms with E-state index in [1.54, 1.807) is 0 Å². The predicted molar refractivity (Wildman–Crippen MR) is 78.0 cm³/mol. The maximum Gasteiger partial charge on any atom is 0.0779 e. The summed E-state index contributed by atoms with van der Waals surface area (Å²) in [7, 11) is 0. The summed E-state index contributed by atoms with van der Waals surface area (Å²) in [5, 5.41) is 3.54. The number of hydrogen-bond donors (Lipinski definition) is 1. The number of hydrogen-bond acceptors (Lipinski definition) is 3. The molecule has 3 aliphatic rings. The van der Waals surface area contributed by atoms with E-state index in [1.807, 2.05) is 0 Å².